The summed E-state index contributed by atoms with van der Waals surface area (Å²) in [5.74, 6) is -1.15. The molecule has 2 aromatic rings. The number of benzene rings is 2. The maximum atomic E-state index is 13.3. The van der Waals surface area contributed by atoms with Gasteiger partial charge in [0, 0.05) is 13.1 Å². The number of amides is 3. The highest BCUT2D eigenvalue weighted by molar-refractivity contribution is 6.12. The fourth-order valence-electron chi connectivity index (χ4n) is 3.82. The number of halogens is 1. The molecule has 28 heavy (non-hydrogen) atoms. The summed E-state index contributed by atoms with van der Waals surface area (Å²) in [7, 11) is 0. The third-order valence-corrected chi connectivity index (χ3v) is 5.17. The van der Waals surface area contributed by atoms with Crippen LogP contribution in [0.2, 0.25) is 0 Å². The number of nitrogens with one attached hydrogen (secondary N) is 1. The molecule has 144 valence electrons. The molecular weight excluding hydrogens is 361 g/mol. The lowest BCUT2D eigenvalue weighted by Crippen LogP contribution is -2.48. The van der Waals surface area contributed by atoms with E-state index in [1.165, 1.54) is 17.0 Å². The topological polar surface area (TPSA) is 69.7 Å². The van der Waals surface area contributed by atoms with Gasteiger partial charge in [0.2, 0.25) is 11.8 Å². The van der Waals surface area contributed by atoms with Gasteiger partial charge in [-0.15, -0.1) is 0 Å². The number of nitrogens with zero attached hydrogens (tertiary/aromatic N) is 2. The van der Waals surface area contributed by atoms with E-state index < -0.39 is 6.04 Å². The van der Waals surface area contributed by atoms with Crippen molar-refractivity contribution in [2.45, 2.75) is 25.4 Å². The predicted octanol–water partition coefficient (Wildman–Crippen LogP) is 2.09. The Morgan fingerprint density at radius 3 is 2.79 bits per heavy atom. The Morgan fingerprint density at radius 2 is 1.96 bits per heavy atom. The van der Waals surface area contributed by atoms with Gasteiger partial charge in [-0.05, 0) is 42.7 Å². The molecule has 2 aliphatic heterocycles. The lowest BCUT2D eigenvalue weighted by Gasteiger charge is -2.25. The molecule has 6 nitrogen and oxygen atoms in total. The molecule has 2 aliphatic rings. The van der Waals surface area contributed by atoms with Gasteiger partial charge in [0.1, 0.15) is 18.4 Å². The van der Waals surface area contributed by atoms with Gasteiger partial charge in [-0.2, -0.15) is 0 Å². The number of hydrogen-bond donors (Lipinski definition) is 1. The highest BCUT2D eigenvalue weighted by Crippen LogP contribution is 2.32. The normalized spacial score (nSPS) is 18.5. The van der Waals surface area contributed by atoms with Crippen molar-refractivity contribution in [1.82, 2.24) is 10.2 Å². The molecule has 0 spiro atoms. The van der Waals surface area contributed by atoms with Crippen molar-refractivity contribution in [3.63, 3.8) is 0 Å². The summed E-state index contributed by atoms with van der Waals surface area (Å²) in [6.45, 7) is 0.515. The second-order valence-electron chi connectivity index (χ2n) is 7.00. The quantitative estimate of drug-likeness (QED) is 0.882. The molecule has 0 bridgehead atoms. The average molecular weight is 381 g/mol. The Kier molecular flexibility index (Phi) is 4.81. The number of carbonyl (C=O) groups is 3. The monoisotopic (exact) mass is 381 g/mol. The first-order chi connectivity index (χ1) is 13.5. The number of hydrogen-bond acceptors (Lipinski definition) is 3. The summed E-state index contributed by atoms with van der Waals surface area (Å²) in [4.78, 5) is 41.5. The first kappa shape index (κ1) is 18.2. The lowest BCUT2D eigenvalue weighted by atomic mass is 10.1. The fraction of sp³-hybridized carbons (Fsp3) is 0.286. The van der Waals surface area contributed by atoms with Gasteiger partial charge >= 0.3 is 0 Å². The van der Waals surface area contributed by atoms with Gasteiger partial charge in [0.25, 0.3) is 5.91 Å². The second kappa shape index (κ2) is 7.42. The minimum atomic E-state index is -0.532. The van der Waals surface area contributed by atoms with E-state index in [2.05, 4.69) is 5.32 Å². The first-order valence-corrected chi connectivity index (χ1v) is 9.27. The van der Waals surface area contributed by atoms with E-state index in [-0.39, 0.29) is 36.6 Å². The first-order valence-electron chi connectivity index (χ1n) is 9.27. The van der Waals surface area contributed by atoms with Crippen molar-refractivity contribution < 1.29 is 18.8 Å². The minimum Gasteiger partial charge on any atom is -0.350 e. The van der Waals surface area contributed by atoms with Crippen LogP contribution in [-0.2, 0) is 16.1 Å². The van der Waals surface area contributed by atoms with Crippen LogP contribution in [0.15, 0.2) is 48.5 Å². The molecule has 2 aromatic carbocycles. The SMILES string of the molecule is O=C(CN1C(=O)[C@@H]2CCCN2C(=O)c2ccccc21)NCc1cccc(F)c1. The molecule has 0 aromatic heterocycles. The van der Waals surface area contributed by atoms with E-state index in [1.807, 2.05) is 0 Å². The molecule has 4 rings (SSSR count). The van der Waals surface area contributed by atoms with E-state index in [9.17, 15) is 18.8 Å². The summed E-state index contributed by atoms with van der Waals surface area (Å²) in [5.41, 5.74) is 1.51. The molecule has 1 fully saturated rings. The van der Waals surface area contributed by atoms with Gasteiger partial charge in [-0.3, -0.25) is 14.4 Å². The van der Waals surface area contributed by atoms with Gasteiger partial charge in [-0.1, -0.05) is 24.3 Å². The van der Waals surface area contributed by atoms with Crippen LogP contribution < -0.4 is 10.2 Å². The Balaban J connectivity index is 1.55. The number of fused-ring (bicyclic) bond motifs is 2. The van der Waals surface area contributed by atoms with Crippen LogP contribution in [0.25, 0.3) is 0 Å². The second-order valence-corrected chi connectivity index (χ2v) is 7.00. The van der Waals surface area contributed by atoms with E-state index >= 15 is 0 Å². The molecule has 3 amide bonds. The Bertz CT molecular complexity index is 946. The van der Waals surface area contributed by atoms with Gasteiger partial charge in [0.15, 0.2) is 0 Å². The van der Waals surface area contributed by atoms with Crippen molar-refractivity contribution in [3.05, 3.63) is 65.5 Å². The summed E-state index contributed by atoms with van der Waals surface area (Å²) in [6, 6.07) is 12.3. The van der Waals surface area contributed by atoms with Crippen LogP contribution in [0.3, 0.4) is 0 Å². The van der Waals surface area contributed by atoms with Gasteiger partial charge in [0.05, 0.1) is 11.3 Å². The maximum absolute atomic E-state index is 13.3. The largest absolute Gasteiger partial charge is 0.350 e. The summed E-state index contributed by atoms with van der Waals surface area (Å²) in [5, 5.41) is 2.72. The smallest absolute Gasteiger partial charge is 0.256 e. The number of carbonyl (C=O) groups excluding carboxylic acids is 3. The van der Waals surface area contributed by atoms with Crippen molar-refractivity contribution in [2.75, 3.05) is 18.0 Å². The van der Waals surface area contributed by atoms with E-state index in [0.29, 0.717) is 29.8 Å². The summed E-state index contributed by atoms with van der Waals surface area (Å²) < 4.78 is 13.3. The summed E-state index contributed by atoms with van der Waals surface area (Å²) in [6.07, 6.45) is 1.36. The van der Waals surface area contributed by atoms with Crippen LogP contribution in [0.4, 0.5) is 10.1 Å². The van der Waals surface area contributed by atoms with Crippen LogP contribution in [0.5, 0.6) is 0 Å². The van der Waals surface area contributed by atoms with Crippen LogP contribution in [0, 0.1) is 5.82 Å². The van der Waals surface area contributed by atoms with E-state index in [1.54, 1.807) is 41.3 Å². The van der Waals surface area contributed by atoms with Crippen LogP contribution >= 0.6 is 0 Å². The van der Waals surface area contributed by atoms with Crippen molar-refractivity contribution in [1.29, 1.82) is 0 Å². The van der Waals surface area contributed by atoms with E-state index in [0.717, 1.165) is 6.42 Å². The predicted molar refractivity (Wildman–Crippen MR) is 101 cm³/mol. The van der Waals surface area contributed by atoms with Gasteiger partial charge in [-0.25, -0.2) is 4.39 Å². The number of rotatable bonds is 4. The van der Waals surface area contributed by atoms with Crippen molar-refractivity contribution in [2.24, 2.45) is 0 Å². The molecule has 7 heteroatoms. The molecule has 2 heterocycles. The maximum Gasteiger partial charge on any atom is 0.256 e. The third kappa shape index (κ3) is 3.35. The number of anilines is 1. The molecule has 1 saturated heterocycles. The van der Waals surface area contributed by atoms with E-state index in [4.69, 9.17) is 0 Å². The highest BCUT2D eigenvalue weighted by atomic mass is 19.1. The molecule has 0 radical (unpaired) electrons. The third-order valence-electron chi connectivity index (χ3n) is 5.17. The molecule has 1 atom stereocenters. The molecule has 0 unspecified atom stereocenters. The highest BCUT2D eigenvalue weighted by Gasteiger charge is 2.42. The summed E-state index contributed by atoms with van der Waals surface area (Å²) >= 11 is 0. The standard InChI is InChI=1S/C21H20FN3O3/c22-15-6-3-5-14(11-15)12-23-19(26)13-25-17-8-2-1-7-16(17)20(27)24-10-4-9-18(24)21(25)28/h1-3,5-8,11,18H,4,9-10,12-13H2,(H,23,26)/t18-/m0/s1. The molecular formula is C21H20FN3O3. The zero-order valence-corrected chi connectivity index (χ0v) is 15.2. The lowest BCUT2D eigenvalue weighted by molar-refractivity contribution is -0.125. The molecule has 1 N–H and O–H groups in total. The fourth-order valence-corrected chi connectivity index (χ4v) is 3.82. The molecule has 0 saturated carbocycles. The van der Waals surface area contributed by atoms with Gasteiger partial charge < -0.3 is 15.1 Å². The number of para-hydroxylation sites is 1. The van der Waals surface area contributed by atoms with Crippen LogP contribution in [0.1, 0.15) is 28.8 Å². The molecule has 0 aliphatic carbocycles. The van der Waals surface area contributed by atoms with Crippen LogP contribution in [-0.4, -0.2) is 41.8 Å². The Hall–Kier alpha value is -3.22. The zero-order chi connectivity index (χ0) is 19.7. The Labute approximate surface area is 161 Å². The van der Waals surface area contributed by atoms with Crippen molar-refractivity contribution in [3.8, 4) is 0 Å². The minimum absolute atomic E-state index is 0.161. The Morgan fingerprint density at radius 1 is 1.14 bits per heavy atom. The van der Waals surface area contributed by atoms with Crippen molar-refractivity contribution >= 4 is 23.4 Å². The zero-order valence-electron chi connectivity index (χ0n) is 15.2. The average Bonchev–Trinajstić information content (AvgIpc) is 3.17.